The number of thiophene rings is 1. The summed E-state index contributed by atoms with van der Waals surface area (Å²) in [6, 6.07) is 5.15. The van der Waals surface area contributed by atoms with E-state index in [2.05, 4.69) is 4.72 Å². The van der Waals surface area contributed by atoms with Crippen molar-refractivity contribution in [2.75, 3.05) is 10.5 Å². The lowest BCUT2D eigenvalue weighted by atomic mass is 10.1. The molecule has 1 heterocycles. The zero-order valence-electron chi connectivity index (χ0n) is 10.1. The van der Waals surface area contributed by atoms with E-state index in [-0.39, 0.29) is 4.90 Å². The van der Waals surface area contributed by atoms with Crippen LogP contribution in [0.1, 0.15) is 11.1 Å². The second-order valence-corrected chi connectivity index (χ2v) is 6.44. The van der Waals surface area contributed by atoms with E-state index in [9.17, 15) is 8.42 Å². The number of hydrogen-bond acceptors (Lipinski definition) is 4. The van der Waals surface area contributed by atoms with Crippen LogP contribution in [0.2, 0.25) is 0 Å². The van der Waals surface area contributed by atoms with Gasteiger partial charge in [-0.2, -0.15) is 11.3 Å². The molecule has 2 rings (SSSR count). The molecule has 0 unspecified atom stereocenters. The topological polar surface area (TPSA) is 72.2 Å². The first-order valence-electron chi connectivity index (χ1n) is 5.32. The molecule has 0 aliphatic heterocycles. The lowest BCUT2D eigenvalue weighted by Gasteiger charge is -2.13. The highest BCUT2D eigenvalue weighted by Gasteiger charge is 2.20. The highest BCUT2D eigenvalue weighted by Crippen LogP contribution is 2.27. The van der Waals surface area contributed by atoms with Gasteiger partial charge in [0.25, 0.3) is 10.0 Å². The Balaban J connectivity index is 2.51. The maximum absolute atomic E-state index is 12.3. The molecular formula is C12H14N2O2S2. The van der Waals surface area contributed by atoms with Gasteiger partial charge >= 0.3 is 0 Å². The molecule has 18 heavy (non-hydrogen) atoms. The Labute approximate surface area is 111 Å². The average Bonchev–Trinajstić information content (AvgIpc) is 2.75. The number of benzene rings is 1. The van der Waals surface area contributed by atoms with Crippen LogP contribution in [0.4, 0.5) is 11.4 Å². The number of nitrogens with two attached hydrogens (primary N) is 1. The maximum Gasteiger partial charge on any atom is 0.262 e. The average molecular weight is 282 g/mol. The first kappa shape index (κ1) is 12.9. The molecule has 1 aromatic heterocycles. The number of nitrogen functional groups attached to an aromatic ring is 1. The number of hydrogen-bond donors (Lipinski definition) is 2. The number of rotatable bonds is 3. The van der Waals surface area contributed by atoms with Crippen molar-refractivity contribution in [2.45, 2.75) is 18.7 Å². The minimum atomic E-state index is -3.59. The third kappa shape index (κ3) is 2.34. The summed E-state index contributed by atoms with van der Waals surface area (Å²) in [7, 11) is -3.59. The van der Waals surface area contributed by atoms with Crippen LogP contribution < -0.4 is 10.5 Å². The summed E-state index contributed by atoms with van der Waals surface area (Å²) in [4.78, 5) is 0.258. The van der Waals surface area contributed by atoms with Gasteiger partial charge in [-0.05, 0) is 42.5 Å². The summed E-state index contributed by atoms with van der Waals surface area (Å²) in [5, 5.41) is 3.56. The van der Waals surface area contributed by atoms with Crippen LogP contribution in [0.3, 0.4) is 0 Å². The zero-order chi connectivity index (χ0) is 13.3. The maximum atomic E-state index is 12.3. The molecule has 0 fully saturated rings. The van der Waals surface area contributed by atoms with E-state index < -0.39 is 10.0 Å². The van der Waals surface area contributed by atoms with Gasteiger partial charge in [-0.15, -0.1) is 0 Å². The third-order valence-corrected chi connectivity index (χ3v) is 5.04. The summed E-state index contributed by atoms with van der Waals surface area (Å²) in [6.07, 6.45) is 0. The molecule has 0 saturated carbocycles. The van der Waals surface area contributed by atoms with Crippen molar-refractivity contribution in [3.63, 3.8) is 0 Å². The molecule has 0 bridgehead atoms. The Kier molecular flexibility index (Phi) is 3.32. The summed E-state index contributed by atoms with van der Waals surface area (Å²) in [6.45, 7) is 3.47. The van der Waals surface area contributed by atoms with Gasteiger partial charge in [0, 0.05) is 11.1 Å². The van der Waals surface area contributed by atoms with Gasteiger partial charge in [-0.3, -0.25) is 4.72 Å². The molecule has 0 atom stereocenters. The van der Waals surface area contributed by atoms with Crippen LogP contribution in [-0.4, -0.2) is 8.42 Å². The lowest BCUT2D eigenvalue weighted by Crippen LogP contribution is -2.16. The molecule has 6 heteroatoms. The molecular weight excluding hydrogens is 268 g/mol. The van der Waals surface area contributed by atoms with Crippen molar-refractivity contribution < 1.29 is 8.42 Å². The van der Waals surface area contributed by atoms with Gasteiger partial charge in [0.2, 0.25) is 0 Å². The van der Waals surface area contributed by atoms with E-state index >= 15 is 0 Å². The lowest BCUT2D eigenvalue weighted by molar-refractivity contribution is 0.600. The normalized spacial score (nSPS) is 11.4. The van der Waals surface area contributed by atoms with Crippen molar-refractivity contribution >= 4 is 32.7 Å². The molecule has 1 aromatic carbocycles. The van der Waals surface area contributed by atoms with Crippen molar-refractivity contribution in [1.82, 2.24) is 0 Å². The Hall–Kier alpha value is -1.53. The predicted molar refractivity (Wildman–Crippen MR) is 75.5 cm³/mol. The zero-order valence-corrected chi connectivity index (χ0v) is 11.7. The summed E-state index contributed by atoms with van der Waals surface area (Å²) >= 11 is 1.44. The fraction of sp³-hybridized carbons (Fsp3) is 0.167. The Morgan fingerprint density at radius 2 is 1.94 bits per heavy atom. The molecule has 0 aliphatic rings. The van der Waals surface area contributed by atoms with Crippen LogP contribution in [-0.2, 0) is 10.0 Å². The standard InChI is InChI=1S/C12H14N2O2S2/c1-8-3-4-11(13)9(2)12(8)18(15,16)14-10-5-6-17-7-10/h3-7,14H,13H2,1-2H3. The fourth-order valence-corrected chi connectivity index (χ4v) is 4.00. The van der Waals surface area contributed by atoms with Crippen LogP contribution >= 0.6 is 11.3 Å². The molecule has 0 spiro atoms. The molecule has 3 N–H and O–H groups in total. The molecule has 4 nitrogen and oxygen atoms in total. The van der Waals surface area contributed by atoms with Gasteiger partial charge in [-0.25, -0.2) is 8.42 Å². The van der Waals surface area contributed by atoms with E-state index in [0.717, 1.165) is 0 Å². The van der Waals surface area contributed by atoms with Gasteiger partial charge in [0.15, 0.2) is 0 Å². The Bertz CT molecular complexity index is 662. The number of anilines is 2. The Morgan fingerprint density at radius 1 is 1.22 bits per heavy atom. The number of nitrogens with one attached hydrogen (secondary N) is 1. The molecule has 0 radical (unpaired) electrons. The minimum Gasteiger partial charge on any atom is -0.398 e. The molecule has 0 amide bonds. The van der Waals surface area contributed by atoms with E-state index in [0.29, 0.717) is 22.5 Å². The van der Waals surface area contributed by atoms with E-state index in [1.165, 1.54) is 11.3 Å². The predicted octanol–water partition coefficient (Wildman–Crippen LogP) is 2.75. The molecule has 96 valence electrons. The monoisotopic (exact) mass is 282 g/mol. The van der Waals surface area contributed by atoms with Crippen molar-refractivity contribution in [1.29, 1.82) is 0 Å². The first-order valence-corrected chi connectivity index (χ1v) is 7.75. The van der Waals surface area contributed by atoms with Gasteiger partial charge in [0.05, 0.1) is 10.6 Å². The van der Waals surface area contributed by atoms with Crippen molar-refractivity contribution in [3.05, 3.63) is 40.1 Å². The molecule has 0 saturated heterocycles. The van der Waals surface area contributed by atoms with Crippen LogP contribution in [0.25, 0.3) is 0 Å². The number of aryl methyl sites for hydroxylation is 1. The Morgan fingerprint density at radius 3 is 2.56 bits per heavy atom. The van der Waals surface area contributed by atoms with Crippen LogP contribution in [0.5, 0.6) is 0 Å². The van der Waals surface area contributed by atoms with Gasteiger partial charge in [-0.1, -0.05) is 6.07 Å². The van der Waals surface area contributed by atoms with Crippen molar-refractivity contribution in [2.24, 2.45) is 0 Å². The van der Waals surface area contributed by atoms with Crippen LogP contribution in [0, 0.1) is 13.8 Å². The van der Waals surface area contributed by atoms with E-state index in [1.54, 1.807) is 37.4 Å². The van der Waals surface area contributed by atoms with Crippen molar-refractivity contribution in [3.8, 4) is 0 Å². The third-order valence-electron chi connectivity index (χ3n) is 2.69. The molecule has 2 aromatic rings. The van der Waals surface area contributed by atoms with E-state index in [1.807, 2.05) is 5.38 Å². The largest absolute Gasteiger partial charge is 0.398 e. The summed E-state index contributed by atoms with van der Waals surface area (Å²) in [5.74, 6) is 0. The smallest absolute Gasteiger partial charge is 0.262 e. The highest BCUT2D eigenvalue weighted by atomic mass is 32.2. The van der Waals surface area contributed by atoms with Gasteiger partial charge in [0.1, 0.15) is 0 Å². The SMILES string of the molecule is Cc1ccc(N)c(C)c1S(=O)(=O)Nc1ccsc1. The minimum absolute atomic E-state index is 0.258. The summed E-state index contributed by atoms with van der Waals surface area (Å²) in [5.41, 5.74) is 8.08. The first-order chi connectivity index (χ1) is 8.42. The fourth-order valence-electron chi connectivity index (χ4n) is 1.78. The quantitative estimate of drug-likeness (QED) is 0.850. The second kappa shape index (κ2) is 4.62. The van der Waals surface area contributed by atoms with Crippen LogP contribution in [0.15, 0.2) is 33.9 Å². The highest BCUT2D eigenvalue weighted by molar-refractivity contribution is 7.92. The number of sulfonamides is 1. The van der Waals surface area contributed by atoms with Gasteiger partial charge < -0.3 is 5.73 Å². The van der Waals surface area contributed by atoms with E-state index in [4.69, 9.17) is 5.73 Å². The summed E-state index contributed by atoms with van der Waals surface area (Å²) < 4.78 is 27.2. The second-order valence-electron chi connectivity index (χ2n) is 4.04. The molecule has 0 aliphatic carbocycles.